The van der Waals surface area contributed by atoms with Gasteiger partial charge in [-0.05, 0) is 12.8 Å². The summed E-state index contributed by atoms with van der Waals surface area (Å²) in [5.74, 6) is 0. The van der Waals surface area contributed by atoms with Gasteiger partial charge in [-0.3, -0.25) is 0 Å². The lowest BCUT2D eigenvalue weighted by atomic mass is 9.77. The van der Waals surface area contributed by atoms with Crippen LogP contribution in [0.4, 0.5) is 0 Å². The number of rotatable bonds is 2. The molecule has 0 radical (unpaired) electrons. The van der Waals surface area contributed by atoms with Crippen molar-refractivity contribution in [3.05, 3.63) is 16.6 Å². The summed E-state index contributed by atoms with van der Waals surface area (Å²) in [5.41, 5.74) is -0.603. The average molecular weight is 236 g/mol. The molecule has 16 heavy (non-hydrogen) atoms. The summed E-state index contributed by atoms with van der Waals surface area (Å²) in [6, 6.07) is 2.36. The summed E-state index contributed by atoms with van der Waals surface area (Å²) in [6.45, 7) is 0. The van der Waals surface area contributed by atoms with Crippen LogP contribution in [0.3, 0.4) is 0 Å². The number of aliphatic hydroxyl groups is 1. The highest BCUT2D eigenvalue weighted by Gasteiger charge is 2.40. The van der Waals surface area contributed by atoms with Gasteiger partial charge in [-0.25, -0.2) is 4.98 Å². The van der Waals surface area contributed by atoms with E-state index < -0.39 is 11.5 Å². The van der Waals surface area contributed by atoms with Crippen molar-refractivity contribution in [2.24, 2.45) is 5.41 Å². The van der Waals surface area contributed by atoms with Crippen molar-refractivity contribution in [1.82, 2.24) is 4.98 Å². The summed E-state index contributed by atoms with van der Waals surface area (Å²) >= 11 is 1.43. The minimum atomic E-state index is -0.712. The number of hydrogen-bond acceptors (Lipinski definition) is 4. The van der Waals surface area contributed by atoms with E-state index in [1.807, 2.05) is 5.38 Å². The maximum absolute atomic E-state index is 10.3. The van der Waals surface area contributed by atoms with Gasteiger partial charge in [0.1, 0.15) is 11.1 Å². The fourth-order valence-corrected chi connectivity index (χ4v) is 3.15. The molecule has 1 aliphatic carbocycles. The molecule has 1 N–H and O–H groups in total. The van der Waals surface area contributed by atoms with Crippen molar-refractivity contribution in [2.45, 2.75) is 44.6 Å². The standard InChI is InChI=1S/C12H16N2OS/c13-9-12(5-3-1-2-4-6-12)10(15)11-14-7-8-16-11/h7-8,10,15H,1-6H2. The highest BCUT2D eigenvalue weighted by atomic mass is 32.1. The zero-order valence-electron chi connectivity index (χ0n) is 9.22. The molecule has 1 heterocycles. The second-order valence-electron chi connectivity index (χ2n) is 4.46. The predicted octanol–water partition coefficient (Wildman–Crippen LogP) is 3.04. The van der Waals surface area contributed by atoms with Crippen LogP contribution in [-0.4, -0.2) is 10.1 Å². The van der Waals surface area contributed by atoms with E-state index in [4.69, 9.17) is 0 Å². The van der Waals surface area contributed by atoms with Crippen LogP contribution in [0.5, 0.6) is 0 Å². The van der Waals surface area contributed by atoms with E-state index in [0.717, 1.165) is 25.7 Å². The summed E-state index contributed by atoms with van der Waals surface area (Å²) in [6.07, 6.45) is 6.99. The maximum Gasteiger partial charge on any atom is 0.124 e. The highest BCUT2D eigenvalue weighted by Crippen LogP contribution is 2.44. The lowest BCUT2D eigenvalue weighted by Crippen LogP contribution is -2.26. The SMILES string of the molecule is N#CC1(C(O)c2nccs2)CCCCCC1. The molecule has 1 aromatic rings. The highest BCUT2D eigenvalue weighted by molar-refractivity contribution is 7.09. The smallest absolute Gasteiger partial charge is 0.124 e. The van der Waals surface area contributed by atoms with Crippen LogP contribution in [0, 0.1) is 16.7 Å². The van der Waals surface area contributed by atoms with Crippen LogP contribution in [0.15, 0.2) is 11.6 Å². The van der Waals surface area contributed by atoms with Crippen molar-refractivity contribution in [1.29, 1.82) is 5.26 Å². The first-order valence-corrected chi connectivity index (χ1v) is 6.65. The van der Waals surface area contributed by atoms with Crippen molar-refractivity contribution in [3.8, 4) is 6.07 Å². The Labute approximate surface area is 99.8 Å². The number of thiazole rings is 1. The molecule has 0 aliphatic heterocycles. The second-order valence-corrected chi connectivity index (χ2v) is 5.38. The Morgan fingerprint density at radius 1 is 1.38 bits per heavy atom. The van der Waals surface area contributed by atoms with E-state index in [1.165, 1.54) is 24.2 Å². The zero-order valence-corrected chi connectivity index (χ0v) is 10.0. The van der Waals surface area contributed by atoms with Crippen LogP contribution in [-0.2, 0) is 0 Å². The van der Waals surface area contributed by atoms with Gasteiger partial charge in [-0.15, -0.1) is 11.3 Å². The fourth-order valence-electron chi connectivity index (χ4n) is 2.41. The number of hydrogen-bond donors (Lipinski definition) is 1. The number of nitrogens with zero attached hydrogens (tertiary/aromatic N) is 2. The van der Waals surface area contributed by atoms with Crippen molar-refractivity contribution in [3.63, 3.8) is 0 Å². The molecule has 0 aromatic carbocycles. The third kappa shape index (κ3) is 2.11. The van der Waals surface area contributed by atoms with Gasteiger partial charge in [-0.2, -0.15) is 5.26 Å². The first kappa shape index (κ1) is 11.6. The van der Waals surface area contributed by atoms with Crippen molar-refractivity contribution < 1.29 is 5.11 Å². The van der Waals surface area contributed by atoms with E-state index in [-0.39, 0.29) is 0 Å². The Kier molecular flexibility index (Phi) is 3.57. The third-order valence-corrected chi connectivity index (χ3v) is 4.26. The summed E-state index contributed by atoms with van der Waals surface area (Å²) in [7, 11) is 0. The number of nitriles is 1. The minimum absolute atomic E-state index is 0.603. The Morgan fingerprint density at radius 2 is 2.06 bits per heavy atom. The zero-order chi connectivity index (χ0) is 11.4. The van der Waals surface area contributed by atoms with E-state index in [1.54, 1.807) is 6.20 Å². The minimum Gasteiger partial charge on any atom is -0.384 e. The van der Waals surface area contributed by atoms with E-state index in [2.05, 4.69) is 11.1 Å². The summed E-state index contributed by atoms with van der Waals surface area (Å²) in [4.78, 5) is 4.13. The third-order valence-electron chi connectivity index (χ3n) is 3.43. The topological polar surface area (TPSA) is 56.9 Å². The largest absolute Gasteiger partial charge is 0.384 e. The Morgan fingerprint density at radius 3 is 2.56 bits per heavy atom. The number of aliphatic hydroxyl groups excluding tert-OH is 1. The molecule has 4 heteroatoms. The average Bonchev–Trinajstić information content (AvgIpc) is 2.73. The maximum atomic E-state index is 10.3. The van der Waals surface area contributed by atoms with Gasteiger partial charge >= 0.3 is 0 Å². The van der Waals surface area contributed by atoms with Crippen LogP contribution in [0.1, 0.15) is 49.6 Å². The lowest BCUT2D eigenvalue weighted by Gasteiger charge is -2.29. The first-order chi connectivity index (χ1) is 7.78. The summed E-state index contributed by atoms with van der Waals surface area (Å²) < 4.78 is 0. The van der Waals surface area contributed by atoms with Gasteiger partial charge < -0.3 is 5.11 Å². The first-order valence-electron chi connectivity index (χ1n) is 5.77. The van der Waals surface area contributed by atoms with Gasteiger partial charge in [0.15, 0.2) is 0 Å². The number of aromatic nitrogens is 1. The molecule has 1 aliphatic rings. The van der Waals surface area contributed by atoms with Gasteiger partial charge in [-0.1, -0.05) is 25.7 Å². The van der Waals surface area contributed by atoms with Gasteiger partial charge in [0, 0.05) is 11.6 Å². The predicted molar refractivity (Wildman–Crippen MR) is 62.8 cm³/mol. The second kappa shape index (κ2) is 4.94. The molecule has 3 nitrogen and oxygen atoms in total. The molecular formula is C12H16N2OS. The van der Waals surface area contributed by atoms with Crippen LogP contribution < -0.4 is 0 Å². The molecule has 0 spiro atoms. The molecule has 1 unspecified atom stereocenters. The van der Waals surface area contributed by atoms with E-state index in [0.29, 0.717) is 5.01 Å². The Balaban J connectivity index is 2.23. The van der Waals surface area contributed by atoms with Crippen molar-refractivity contribution in [2.75, 3.05) is 0 Å². The quantitative estimate of drug-likeness (QED) is 0.803. The molecule has 1 atom stereocenters. The molecule has 0 saturated heterocycles. The fraction of sp³-hybridized carbons (Fsp3) is 0.667. The lowest BCUT2D eigenvalue weighted by molar-refractivity contribution is 0.0514. The molecular weight excluding hydrogens is 220 g/mol. The van der Waals surface area contributed by atoms with E-state index in [9.17, 15) is 10.4 Å². The summed E-state index contributed by atoms with van der Waals surface area (Å²) in [5, 5.41) is 22.3. The Bertz CT molecular complexity index is 361. The normalized spacial score (nSPS) is 22.0. The molecule has 0 amide bonds. The van der Waals surface area contributed by atoms with Gasteiger partial charge in [0.2, 0.25) is 0 Å². The Hall–Kier alpha value is -0.920. The molecule has 1 saturated carbocycles. The molecule has 1 fully saturated rings. The van der Waals surface area contributed by atoms with Crippen LogP contribution in [0.2, 0.25) is 0 Å². The molecule has 86 valence electrons. The molecule has 1 aromatic heterocycles. The monoisotopic (exact) mass is 236 g/mol. The van der Waals surface area contributed by atoms with Crippen LogP contribution >= 0.6 is 11.3 Å². The van der Waals surface area contributed by atoms with Crippen molar-refractivity contribution >= 4 is 11.3 Å². The molecule has 0 bridgehead atoms. The molecule has 2 rings (SSSR count). The van der Waals surface area contributed by atoms with Gasteiger partial charge in [0.05, 0.1) is 11.5 Å². The van der Waals surface area contributed by atoms with E-state index >= 15 is 0 Å². The van der Waals surface area contributed by atoms with Crippen LogP contribution in [0.25, 0.3) is 0 Å². The van der Waals surface area contributed by atoms with Gasteiger partial charge in [0.25, 0.3) is 0 Å².